The van der Waals surface area contributed by atoms with E-state index in [-0.39, 0.29) is 12.0 Å². The van der Waals surface area contributed by atoms with Gasteiger partial charge in [-0.2, -0.15) is 0 Å². The molecular weight excluding hydrogens is 328 g/mol. The molecular formula is C13H13BrN2O2S. The molecule has 0 radical (unpaired) electrons. The lowest BCUT2D eigenvalue weighted by molar-refractivity contribution is -0.141. The molecule has 3 rings (SSSR count). The molecule has 2 heterocycles. The van der Waals surface area contributed by atoms with Crippen molar-refractivity contribution >= 4 is 43.4 Å². The number of aliphatic hydroxyl groups excluding tert-OH is 1. The van der Waals surface area contributed by atoms with Crippen LogP contribution in [0.15, 0.2) is 22.7 Å². The van der Waals surface area contributed by atoms with E-state index in [1.807, 2.05) is 18.2 Å². The first-order valence-corrected chi connectivity index (χ1v) is 7.73. The van der Waals surface area contributed by atoms with Gasteiger partial charge >= 0.3 is 0 Å². The summed E-state index contributed by atoms with van der Waals surface area (Å²) in [5.41, 5.74) is 0.973. The van der Waals surface area contributed by atoms with Crippen molar-refractivity contribution in [3.63, 3.8) is 0 Å². The van der Waals surface area contributed by atoms with Crippen molar-refractivity contribution in [2.45, 2.75) is 18.9 Å². The van der Waals surface area contributed by atoms with Gasteiger partial charge in [0, 0.05) is 30.4 Å². The minimum Gasteiger partial charge on any atom is -0.389 e. The van der Waals surface area contributed by atoms with E-state index in [9.17, 15) is 4.79 Å². The topological polar surface area (TPSA) is 53.4 Å². The Balaban J connectivity index is 1.63. The second kappa shape index (κ2) is 5.19. The first-order chi connectivity index (χ1) is 9.11. The zero-order valence-corrected chi connectivity index (χ0v) is 12.6. The van der Waals surface area contributed by atoms with Gasteiger partial charge < -0.3 is 10.0 Å². The fourth-order valence-electron chi connectivity index (χ4n) is 2.09. The van der Waals surface area contributed by atoms with Crippen LogP contribution in [0.4, 0.5) is 0 Å². The average Bonchev–Trinajstić information content (AvgIpc) is 2.74. The Hall–Kier alpha value is -0.980. The van der Waals surface area contributed by atoms with Crippen molar-refractivity contribution in [3.8, 4) is 0 Å². The van der Waals surface area contributed by atoms with E-state index in [1.165, 1.54) is 0 Å². The van der Waals surface area contributed by atoms with E-state index < -0.39 is 0 Å². The summed E-state index contributed by atoms with van der Waals surface area (Å²) in [6.07, 6.45) is 0.805. The second-order valence-corrected chi connectivity index (χ2v) is 6.70. The van der Waals surface area contributed by atoms with Crippen molar-refractivity contribution in [3.05, 3.63) is 27.7 Å². The summed E-state index contributed by atoms with van der Waals surface area (Å²) < 4.78 is 2.16. The lowest BCUT2D eigenvalue weighted by atomic mass is 10.1. The quantitative estimate of drug-likeness (QED) is 0.931. The number of hydrogen-bond acceptors (Lipinski definition) is 4. The predicted molar refractivity (Wildman–Crippen MR) is 78.2 cm³/mol. The lowest BCUT2D eigenvalue weighted by Crippen LogP contribution is -2.53. The summed E-state index contributed by atoms with van der Waals surface area (Å²) in [5, 5.41) is 10.2. The highest BCUT2D eigenvalue weighted by Crippen LogP contribution is 2.26. The normalized spacial score (nSPS) is 15.8. The maximum absolute atomic E-state index is 11.8. The molecule has 1 aliphatic rings. The van der Waals surface area contributed by atoms with Crippen molar-refractivity contribution < 1.29 is 9.90 Å². The van der Waals surface area contributed by atoms with Gasteiger partial charge in [0.15, 0.2) is 0 Å². The van der Waals surface area contributed by atoms with E-state index in [0.717, 1.165) is 19.7 Å². The molecule has 6 heteroatoms. The number of nitrogens with zero attached hydrogens (tertiary/aromatic N) is 2. The van der Waals surface area contributed by atoms with Crippen molar-refractivity contribution in [2.75, 3.05) is 13.1 Å². The maximum atomic E-state index is 11.8. The fourth-order valence-corrected chi connectivity index (χ4v) is 3.38. The van der Waals surface area contributed by atoms with Crippen LogP contribution in [0.3, 0.4) is 0 Å². The Labute approximate surface area is 123 Å². The van der Waals surface area contributed by atoms with Crippen molar-refractivity contribution in [2.24, 2.45) is 0 Å². The molecule has 0 spiro atoms. The standard InChI is InChI=1S/C13H13BrN2O2S/c14-8-1-2-11-10(5-8)15-12(19-11)3-4-13(18)16-6-9(17)7-16/h1-2,5,9,17H,3-4,6-7H2. The molecule has 0 bridgehead atoms. The molecule has 0 saturated carbocycles. The van der Waals surface area contributed by atoms with Crippen molar-refractivity contribution in [1.82, 2.24) is 9.88 Å². The van der Waals surface area contributed by atoms with Crippen LogP contribution in [0.5, 0.6) is 0 Å². The number of carbonyl (C=O) groups excluding carboxylic acids is 1. The van der Waals surface area contributed by atoms with E-state index in [1.54, 1.807) is 16.2 Å². The van der Waals surface area contributed by atoms with Crippen LogP contribution in [0.25, 0.3) is 10.2 Å². The molecule has 4 nitrogen and oxygen atoms in total. The molecule has 1 aliphatic heterocycles. The molecule has 2 aromatic rings. The second-order valence-electron chi connectivity index (χ2n) is 4.67. The number of carbonyl (C=O) groups is 1. The third kappa shape index (κ3) is 2.80. The van der Waals surface area contributed by atoms with Gasteiger partial charge in [-0.05, 0) is 18.2 Å². The molecule has 1 N–H and O–H groups in total. The number of aryl methyl sites for hydroxylation is 1. The molecule has 0 unspecified atom stereocenters. The number of thiazole rings is 1. The molecule has 1 amide bonds. The monoisotopic (exact) mass is 340 g/mol. The zero-order chi connectivity index (χ0) is 13.4. The largest absolute Gasteiger partial charge is 0.389 e. The molecule has 100 valence electrons. The van der Waals surface area contributed by atoms with Gasteiger partial charge in [0.25, 0.3) is 0 Å². The van der Waals surface area contributed by atoms with Gasteiger partial charge in [-0.25, -0.2) is 4.98 Å². The number of hydrogen-bond donors (Lipinski definition) is 1. The van der Waals surface area contributed by atoms with E-state index in [2.05, 4.69) is 20.9 Å². The third-order valence-corrected chi connectivity index (χ3v) is 4.75. The van der Waals surface area contributed by atoms with Crippen LogP contribution in [-0.4, -0.2) is 40.1 Å². The van der Waals surface area contributed by atoms with Crippen LogP contribution < -0.4 is 0 Å². The van der Waals surface area contributed by atoms with Gasteiger partial charge in [-0.3, -0.25) is 4.79 Å². The third-order valence-electron chi connectivity index (χ3n) is 3.16. The smallest absolute Gasteiger partial charge is 0.223 e. The van der Waals surface area contributed by atoms with Gasteiger partial charge in [0.2, 0.25) is 5.91 Å². The number of amides is 1. The SMILES string of the molecule is O=C(CCc1nc2cc(Br)ccc2s1)N1CC(O)C1. The highest BCUT2D eigenvalue weighted by molar-refractivity contribution is 9.10. The Morgan fingerprint density at radius 1 is 1.53 bits per heavy atom. The summed E-state index contributed by atoms with van der Waals surface area (Å²) in [7, 11) is 0. The van der Waals surface area contributed by atoms with E-state index in [4.69, 9.17) is 5.11 Å². The minimum absolute atomic E-state index is 0.103. The van der Waals surface area contributed by atoms with Gasteiger partial charge in [-0.15, -0.1) is 11.3 Å². The number of fused-ring (bicyclic) bond motifs is 1. The fraction of sp³-hybridized carbons (Fsp3) is 0.385. The maximum Gasteiger partial charge on any atom is 0.223 e. The van der Waals surface area contributed by atoms with E-state index >= 15 is 0 Å². The number of aliphatic hydroxyl groups is 1. The molecule has 19 heavy (non-hydrogen) atoms. The van der Waals surface area contributed by atoms with Crippen LogP contribution in [0.1, 0.15) is 11.4 Å². The Bertz CT molecular complexity index is 622. The molecule has 1 saturated heterocycles. The minimum atomic E-state index is -0.330. The average molecular weight is 341 g/mol. The summed E-state index contributed by atoms with van der Waals surface area (Å²) in [4.78, 5) is 18.0. The van der Waals surface area contributed by atoms with Crippen LogP contribution in [0, 0.1) is 0 Å². The van der Waals surface area contributed by atoms with Gasteiger partial charge in [0.05, 0.1) is 21.3 Å². The van der Waals surface area contributed by atoms with E-state index in [0.29, 0.717) is 25.9 Å². The molecule has 1 aromatic carbocycles. The molecule has 0 aliphatic carbocycles. The zero-order valence-electron chi connectivity index (χ0n) is 10.2. The predicted octanol–water partition coefficient (Wildman–Crippen LogP) is 2.19. The summed E-state index contributed by atoms with van der Waals surface area (Å²) >= 11 is 5.06. The molecule has 1 fully saturated rings. The molecule has 0 atom stereocenters. The first kappa shape index (κ1) is 13.0. The number of aromatic nitrogens is 1. The highest BCUT2D eigenvalue weighted by Gasteiger charge is 2.28. The Morgan fingerprint density at radius 2 is 2.32 bits per heavy atom. The number of likely N-dealkylation sites (tertiary alicyclic amines) is 1. The van der Waals surface area contributed by atoms with Gasteiger partial charge in [0.1, 0.15) is 0 Å². The van der Waals surface area contributed by atoms with Crippen LogP contribution in [0.2, 0.25) is 0 Å². The van der Waals surface area contributed by atoms with Gasteiger partial charge in [-0.1, -0.05) is 15.9 Å². The van der Waals surface area contributed by atoms with Crippen LogP contribution in [-0.2, 0) is 11.2 Å². The number of β-amino-alcohol motifs (C(OH)–C–C–N with tert-alkyl or cyclic N) is 1. The first-order valence-electron chi connectivity index (χ1n) is 6.12. The number of halogens is 1. The highest BCUT2D eigenvalue weighted by atomic mass is 79.9. The number of rotatable bonds is 3. The molecule has 1 aromatic heterocycles. The summed E-state index contributed by atoms with van der Waals surface area (Å²) in [6.45, 7) is 0.956. The lowest BCUT2D eigenvalue weighted by Gasteiger charge is -2.35. The van der Waals surface area contributed by atoms with Crippen molar-refractivity contribution in [1.29, 1.82) is 0 Å². The van der Waals surface area contributed by atoms with Crippen LogP contribution >= 0.6 is 27.3 Å². The summed E-state index contributed by atoms with van der Waals surface area (Å²) in [6, 6.07) is 6.02. The summed E-state index contributed by atoms with van der Waals surface area (Å²) in [5.74, 6) is 0.103. The number of benzene rings is 1. The Kier molecular flexibility index (Phi) is 3.56. The Morgan fingerprint density at radius 3 is 3.05 bits per heavy atom.